The highest BCUT2D eigenvalue weighted by Crippen LogP contribution is 2.54. The molecule has 2 aliphatic rings. The standard InChI is InChI=1S/C21H28N2O7S/c1-20(2,3)19(28)30-10-29-18(27)15-21(4,5)31-17-12(16(26)23(15)17)14(25)13(24)11-8-7-9-22(11)6/h7-9,12,14-15,17,25H,10H2,1-6H3/t12-,14+,15+,17-/m1/s1. The number of esters is 2. The number of amides is 1. The number of aromatic nitrogens is 1. The van der Waals surface area contributed by atoms with Crippen LogP contribution in [0.25, 0.3) is 0 Å². The summed E-state index contributed by atoms with van der Waals surface area (Å²) in [6.45, 7) is 8.08. The second kappa shape index (κ2) is 7.98. The van der Waals surface area contributed by atoms with Crippen LogP contribution in [-0.2, 0) is 30.9 Å². The first kappa shape index (κ1) is 23.3. The van der Waals surface area contributed by atoms with E-state index >= 15 is 0 Å². The van der Waals surface area contributed by atoms with Crippen molar-refractivity contribution < 1.29 is 33.8 Å². The van der Waals surface area contributed by atoms with E-state index in [1.807, 2.05) is 0 Å². The summed E-state index contributed by atoms with van der Waals surface area (Å²) < 4.78 is 11.0. The van der Waals surface area contributed by atoms with Crippen LogP contribution in [0.1, 0.15) is 45.1 Å². The largest absolute Gasteiger partial charge is 0.427 e. The molecule has 2 fully saturated rings. The molecule has 2 aliphatic heterocycles. The third-order valence-electron chi connectivity index (χ3n) is 5.51. The van der Waals surface area contributed by atoms with Gasteiger partial charge in [-0.15, -0.1) is 11.8 Å². The number of Topliss-reactive ketones (excluding diaryl/α,β-unsaturated/α-hetero) is 1. The Hall–Kier alpha value is -2.33. The molecule has 0 aromatic carbocycles. The van der Waals surface area contributed by atoms with Crippen molar-refractivity contribution in [2.24, 2.45) is 18.4 Å². The minimum Gasteiger partial charge on any atom is -0.427 e. The molecule has 0 aliphatic carbocycles. The fourth-order valence-electron chi connectivity index (χ4n) is 3.78. The maximum atomic E-state index is 12.9. The van der Waals surface area contributed by atoms with Crippen LogP contribution in [0.2, 0.25) is 0 Å². The Kier molecular flexibility index (Phi) is 6.01. The topological polar surface area (TPSA) is 115 Å². The summed E-state index contributed by atoms with van der Waals surface area (Å²) in [5, 5.41) is 10.1. The van der Waals surface area contributed by atoms with E-state index in [1.54, 1.807) is 64.6 Å². The highest BCUT2D eigenvalue weighted by Gasteiger charge is 2.66. The van der Waals surface area contributed by atoms with Gasteiger partial charge in [-0.25, -0.2) is 4.79 Å². The monoisotopic (exact) mass is 452 g/mol. The van der Waals surface area contributed by atoms with E-state index in [2.05, 4.69) is 0 Å². The zero-order chi connectivity index (χ0) is 23.3. The van der Waals surface area contributed by atoms with Gasteiger partial charge in [-0.1, -0.05) is 0 Å². The molecule has 0 bridgehead atoms. The molecule has 0 radical (unpaired) electrons. The van der Waals surface area contributed by atoms with E-state index in [4.69, 9.17) is 9.47 Å². The lowest BCUT2D eigenvalue weighted by Crippen LogP contribution is -2.66. The number of ketones is 1. The van der Waals surface area contributed by atoms with Crippen LogP contribution in [0.5, 0.6) is 0 Å². The molecular weight excluding hydrogens is 424 g/mol. The van der Waals surface area contributed by atoms with Crippen molar-refractivity contribution in [2.75, 3.05) is 6.79 Å². The summed E-state index contributed by atoms with van der Waals surface area (Å²) in [6.07, 6.45) is 0.175. The smallest absolute Gasteiger partial charge is 0.333 e. The molecule has 0 saturated carbocycles. The number of aryl methyl sites for hydroxylation is 1. The number of rotatable bonds is 6. The van der Waals surface area contributed by atoms with Crippen molar-refractivity contribution in [3.05, 3.63) is 24.0 Å². The first-order valence-electron chi connectivity index (χ1n) is 9.95. The molecule has 2 saturated heterocycles. The van der Waals surface area contributed by atoms with Crippen molar-refractivity contribution in [3.8, 4) is 0 Å². The lowest BCUT2D eigenvalue weighted by Gasteiger charge is -2.45. The minimum atomic E-state index is -1.51. The Morgan fingerprint density at radius 3 is 2.45 bits per heavy atom. The molecule has 0 unspecified atom stereocenters. The maximum Gasteiger partial charge on any atom is 0.333 e. The molecule has 1 amide bonds. The first-order chi connectivity index (χ1) is 14.3. The Bertz CT molecular complexity index is 917. The summed E-state index contributed by atoms with van der Waals surface area (Å²) in [7, 11) is 1.68. The van der Waals surface area contributed by atoms with Crippen molar-refractivity contribution in [2.45, 2.75) is 56.9 Å². The van der Waals surface area contributed by atoms with Gasteiger partial charge >= 0.3 is 11.9 Å². The van der Waals surface area contributed by atoms with Crippen LogP contribution in [0.3, 0.4) is 0 Å². The predicted octanol–water partition coefficient (Wildman–Crippen LogP) is 1.34. The quantitative estimate of drug-likeness (QED) is 0.298. The van der Waals surface area contributed by atoms with E-state index < -0.39 is 64.0 Å². The molecule has 1 aromatic rings. The van der Waals surface area contributed by atoms with Crippen molar-refractivity contribution in [3.63, 3.8) is 0 Å². The number of hydrogen-bond acceptors (Lipinski definition) is 8. The molecule has 1 aromatic heterocycles. The van der Waals surface area contributed by atoms with Gasteiger partial charge in [0.1, 0.15) is 18.1 Å². The molecular formula is C21H28N2O7S. The van der Waals surface area contributed by atoms with Gasteiger partial charge in [0.25, 0.3) is 0 Å². The fourth-order valence-corrected chi connectivity index (χ4v) is 5.49. The summed E-state index contributed by atoms with van der Waals surface area (Å²) in [5.41, 5.74) is -0.431. The van der Waals surface area contributed by atoms with Crippen molar-refractivity contribution >= 4 is 35.4 Å². The van der Waals surface area contributed by atoms with Gasteiger partial charge in [0.2, 0.25) is 18.5 Å². The summed E-state index contributed by atoms with van der Waals surface area (Å²) in [6, 6.07) is 2.34. The normalized spacial score (nSPS) is 25.5. The van der Waals surface area contributed by atoms with Crippen LogP contribution in [0.4, 0.5) is 0 Å². The third kappa shape index (κ3) is 4.10. The van der Waals surface area contributed by atoms with Gasteiger partial charge in [-0.3, -0.25) is 14.4 Å². The fraction of sp³-hybridized carbons (Fsp3) is 0.619. The molecule has 1 N–H and O–H groups in total. The van der Waals surface area contributed by atoms with Gasteiger partial charge in [0.05, 0.1) is 16.5 Å². The third-order valence-corrected chi connectivity index (χ3v) is 7.11. The van der Waals surface area contributed by atoms with Gasteiger partial charge in [0.15, 0.2) is 0 Å². The molecule has 4 atom stereocenters. The van der Waals surface area contributed by atoms with E-state index in [0.29, 0.717) is 5.69 Å². The van der Waals surface area contributed by atoms with Gasteiger partial charge in [-0.2, -0.15) is 0 Å². The minimum absolute atomic E-state index is 0.303. The van der Waals surface area contributed by atoms with Crippen molar-refractivity contribution in [1.29, 1.82) is 0 Å². The van der Waals surface area contributed by atoms with Gasteiger partial charge in [-0.05, 0) is 46.8 Å². The highest BCUT2D eigenvalue weighted by atomic mass is 32.2. The van der Waals surface area contributed by atoms with E-state index in [-0.39, 0.29) is 0 Å². The van der Waals surface area contributed by atoms with Crippen LogP contribution < -0.4 is 0 Å². The van der Waals surface area contributed by atoms with Gasteiger partial charge in [0, 0.05) is 18.0 Å². The van der Waals surface area contributed by atoms with Crippen LogP contribution in [0.15, 0.2) is 18.3 Å². The van der Waals surface area contributed by atoms with Crippen LogP contribution >= 0.6 is 11.8 Å². The second-order valence-corrected chi connectivity index (χ2v) is 11.1. The number of hydrogen-bond donors (Lipinski definition) is 1. The maximum absolute atomic E-state index is 12.9. The average Bonchev–Trinajstić information content (AvgIpc) is 3.18. The summed E-state index contributed by atoms with van der Waals surface area (Å²) in [5.74, 6) is -3.17. The number of ether oxygens (including phenoxy) is 2. The zero-order valence-electron chi connectivity index (χ0n) is 18.4. The Labute approximate surface area is 185 Å². The molecule has 31 heavy (non-hydrogen) atoms. The van der Waals surface area contributed by atoms with Crippen LogP contribution in [-0.4, -0.2) is 67.3 Å². The predicted molar refractivity (Wildman–Crippen MR) is 112 cm³/mol. The van der Waals surface area contributed by atoms with E-state index in [0.717, 1.165) is 0 Å². The number of carbonyl (C=O) groups is 4. The number of nitrogens with zero attached hydrogens (tertiary/aromatic N) is 2. The van der Waals surface area contributed by atoms with Gasteiger partial charge < -0.3 is 24.0 Å². The Morgan fingerprint density at radius 2 is 1.90 bits per heavy atom. The molecule has 170 valence electrons. The number of thioether (sulfide) groups is 1. The number of β-lactam (4-membered cyclic amide) rings is 1. The zero-order valence-corrected chi connectivity index (χ0v) is 19.3. The lowest BCUT2D eigenvalue weighted by atomic mass is 9.85. The number of aliphatic hydroxyl groups is 1. The molecule has 10 heteroatoms. The number of aliphatic hydroxyl groups excluding tert-OH is 1. The molecule has 3 heterocycles. The molecule has 9 nitrogen and oxygen atoms in total. The van der Waals surface area contributed by atoms with Crippen LogP contribution in [0, 0.1) is 11.3 Å². The highest BCUT2D eigenvalue weighted by molar-refractivity contribution is 8.01. The van der Waals surface area contributed by atoms with E-state index in [9.17, 15) is 24.3 Å². The number of fused-ring (bicyclic) bond motifs is 1. The number of carbonyl (C=O) groups excluding carboxylic acids is 4. The Balaban J connectivity index is 1.68. The second-order valence-electron chi connectivity index (χ2n) is 9.36. The average molecular weight is 453 g/mol. The molecule has 0 spiro atoms. The van der Waals surface area contributed by atoms with Crippen molar-refractivity contribution in [1.82, 2.24) is 9.47 Å². The Morgan fingerprint density at radius 1 is 1.26 bits per heavy atom. The SMILES string of the molecule is Cn1cccc1C(=O)[C@@H](O)[C@@H]1C(=O)N2[C@@H]1SC(C)(C)[C@@H]2C(=O)OCOC(=O)C(C)(C)C. The van der Waals surface area contributed by atoms with E-state index in [1.165, 1.54) is 16.7 Å². The molecule has 3 rings (SSSR count). The first-order valence-corrected chi connectivity index (χ1v) is 10.8. The summed E-state index contributed by atoms with van der Waals surface area (Å²) in [4.78, 5) is 51.4. The summed E-state index contributed by atoms with van der Waals surface area (Å²) >= 11 is 1.33. The lowest BCUT2D eigenvalue weighted by molar-refractivity contribution is -0.182.